The summed E-state index contributed by atoms with van der Waals surface area (Å²) < 4.78 is 0. The predicted molar refractivity (Wildman–Crippen MR) is 75.7 cm³/mol. The van der Waals surface area contributed by atoms with Gasteiger partial charge in [0.15, 0.2) is 0 Å². The second kappa shape index (κ2) is 7.14. The van der Waals surface area contributed by atoms with Crippen LogP contribution in [-0.4, -0.2) is 25.2 Å². The van der Waals surface area contributed by atoms with Crippen molar-refractivity contribution in [2.24, 2.45) is 0 Å². The second-order valence-electron chi connectivity index (χ2n) is 5.07. The van der Waals surface area contributed by atoms with Gasteiger partial charge in [-0.25, -0.2) is 0 Å². The average molecular weight is 252 g/mol. The highest BCUT2D eigenvalue weighted by Crippen LogP contribution is 2.18. The molecule has 1 aromatic rings. The summed E-state index contributed by atoms with van der Waals surface area (Å²) in [6.45, 7) is 4.54. The molecule has 1 atom stereocenters. The van der Waals surface area contributed by atoms with E-state index >= 15 is 0 Å². The van der Waals surface area contributed by atoms with Crippen molar-refractivity contribution in [1.82, 2.24) is 10.6 Å². The largest absolute Gasteiger partial charge is 0.313 e. The van der Waals surface area contributed by atoms with Crippen LogP contribution in [0.2, 0.25) is 0 Å². The van der Waals surface area contributed by atoms with Gasteiger partial charge in [0.05, 0.1) is 0 Å². The van der Waals surface area contributed by atoms with Gasteiger partial charge in [-0.05, 0) is 57.0 Å². The molecule has 96 valence electrons. The van der Waals surface area contributed by atoms with E-state index in [0.717, 1.165) is 19.1 Å². The average Bonchev–Trinajstić information content (AvgIpc) is 3.02. The van der Waals surface area contributed by atoms with Crippen LogP contribution in [0.1, 0.15) is 37.5 Å². The molecule has 2 nitrogen and oxygen atoms in total. The Hall–Kier alpha value is -0.380. The number of unbranched alkanes of at least 4 members (excludes halogenated alkanes) is 1. The van der Waals surface area contributed by atoms with Crippen LogP contribution in [0, 0.1) is 0 Å². The monoisotopic (exact) mass is 252 g/mol. The Labute approximate surface area is 109 Å². The summed E-state index contributed by atoms with van der Waals surface area (Å²) in [5, 5.41) is 9.31. The Balaban J connectivity index is 1.42. The van der Waals surface area contributed by atoms with E-state index in [9.17, 15) is 0 Å². The van der Waals surface area contributed by atoms with Gasteiger partial charge in [-0.15, -0.1) is 11.3 Å². The molecule has 1 heterocycles. The van der Waals surface area contributed by atoms with Crippen LogP contribution in [0.3, 0.4) is 0 Å². The lowest BCUT2D eigenvalue weighted by atomic mass is 10.2. The number of aryl methyl sites for hydroxylation is 1. The van der Waals surface area contributed by atoms with Crippen LogP contribution in [0.25, 0.3) is 0 Å². The van der Waals surface area contributed by atoms with E-state index in [2.05, 4.69) is 35.1 Å². The van der Waals surface area contributed by atoms with Crippen molar-refractivity contribution in [1.29, 1.82) is 0 Å². The summed E-state index contributed by atoms with van der Waals surface area (Å²) in [5.41, 5.74) is 0. The molecular formula is C14H24N2S. The molecule has 1 aliphatic rings. The van der Waals surface area contributed by atoms with E-state index in [-0.39, 0.29) is 0 Å². The maximum Gasteiger partial charge on any atom is 0.0164 e. The van der Waals surface area contributed by atoms with Gasteiger partial charge >= 0.3 is 0 Å². The number of rotatable bonds is 9. The van der Waals surface area contributed by atoms with Crippen molar-refractivity contribution in [3.8, 4) is 0 Å². The summed E-state index contributed by atoms with van der Waals surface area (Å²) in [5.74, 6) is 0. The van der Waals surface area contributed by atoms with Crippen molar-refractivity contribution in [3.05, 3.63) is 22.4 Å². The summed E-state index contributed by atoms with van der Waals surface area (Å²) in [6, 6.07) is 5.82. The highest BCUT2D eigenvalue weighted by Gasteiger charge is 2.20. The molecule has 0 saturated heterocycles. The summed E-state index contributed by atoms with van der Waals surface area (Å²) in [7, 11) is 0. The highest BCUT2D eigenvalue weighted by atomic mass is 32.1. The van der Waals surface area contributed by atoms with Gasteiger partial charge in [0, 0.05) is 23.5 Å². The van der Waals surface area contributed by atoms with Crippen LogP contribution >= 0.6 is 11.3 Å². The van der Waals surface area contributed by atoms with Crippen molar-refractivity contribution in [2.75, 3.05) is 13.1 Å². The first-order valence-electron chi connectivity index (χ1n) is 6.84. The number of hydrogen-bond donors (Lipinski definition) is 2. The molecule has 1 unspecified atom stereocenters. The quantitative estimate of drug-likeness (QED) is 0.660. The van der Waals surface area contributed by atoms with E-state index in [4.69, 9.17) is 0 Å². The van der Waals surface area contributed by atoms with Gasteiger partial charge < -0.3 is 10.6 Å². The third-order valence-electron chi connectivity index (χ3n) is 3.21. The van der Waals surface area contributed by atoms with Crippen LogP contribution < -0.4 is 10.6 Å². The molecular weight excluding hydrogens is 228 g/mol. The van der Waals surface area contributed by atoms with E-state index in [1.807, 2.05) is 11.3 Å². The summed E-state index contributed by atoms with van der Waals surface area (Å²) >= 11 is 1.88. The molecule has 0 spiro atoms. The van der Waals surface area contributed by atoms with Crippen molar-refractivity contribution < 1.29 is 0 Å². The maximum absolute atomic E-state index is 3.59. The standard InChI is InChI=1S/C14H24N2S/c1-12(11-16-13-7-8-13)15-9-3-2-5-14-6-4-10-17-14/h4,6,10,12-13,15-16H,2-3,5,7-9,11H2,1H3. The van der Waals surface area contributed by atoms with Gasteiger partial charge in [-0.1, -0.05) is 6.07 Å². The lowest BCUT2D eigenvalue weighted by molar-refractivity contribution is 0.490. The molecule has 1 aromatic heterocycles. The van der Waals surface area contributed by atoms with E-state index in [0.29, 0.717) is 6.04 Å². The van der Waals surface area contributed by atoms with Gasteiger partial charge in [0.25, 0.3) is 0 Å². The molecule has 0 radical (unpaired) electrons. The van der Waals surface area contributed by atoms with Crippen molar-refractivity contribution >= 4 is 11.3 Å². The fraction of sp³-hybridized carbons (Fsp3) is 0.714. The molecule has 2 rings (SSSR count). The minimum atomic E-state index is 0.609. The van der Waals surface area contributed by atoms with Crippen LogP contribution in [0.4, 0.5) is 0 Å². The number of nitrogens with one attached hydrogen (secondary N) is 2. The van der Waals surface area contributed by atoms with Crippen LogP contribution in [0.5, 0.6) is 0 Å². The van der Waals surface area contributed by atoms with E-state index < -0.39 is 0 Å². The molecule has 1 aliphatic carbocycles. The Morgan fingerprint density at radius 1 is 1.41 bits per heavy atom. The molecule has 17 heavy (non-hydrogen) atoms. The lowest BCUT2D eigenvalue weighted by Gasteiger charge is -2.14. The minimum Gasteiger partial charge on any atom is -0.313 e. The van der Waals surface area contributed by atoms with Crippen LogP contribution in [-0.2, 0) is 6.42 Å². The molecule has 0 aromatic carbocycles. The summed E-state index contributed by atoms with van der Waals surface area (Å²) in [6.07, 6.45) is 6.59. The third-order valence-corrected chi connectivity index (χ3v) is 4.15. The Kier molecular flexibility index (Phi) is 5.49. The topological polar surface area (TPSA) is 24.1 Å². The van der Waals surface area contributed by atoms with Gasteiger partial charge in [-0.2, -0.15) is 0 Å². The molecule has 0 aliphatic heterocycles. The zero-order chi connectivity index (χ0) is 11.9. The Bertz CT molecular complexity index is 293. The fourth-order valence-electron chi connectivity index (χ4n) is 1.93. The molecule has 2 N–H and O–H groups in total. The van der Waals surface area contributed by atoms with Crippen molar-refractivity contribution in [2.45, 2.75) is 51.1 Å². The summed E-state index contributed by atoms with van der Waals surface area (Å²) in [4.78, 5) is 1.52. The zero-order valence-electron chi connectivity index (χ0n) is 10.7. The highest BCUT2D eigenvalue weighted by molar-refractivity contribution is 7.09. The van der Waals surface area contributed by atoms with Crippen LogP contribution in [0.15, 0.2) is 17.5 Å². The maximum atomic E-state index is 3.59. The minimum absolute atomic E-state index is 0.609. The first-order valence-corrected chi connectivity index (χ1v) is 7.71. The van der Waals surface area contributed by atoms with Gasteiger partial charge in [0.2, 0.25) is 0 Å². The van der Waals surface area contributed by atoms with Crippen molar-refractivity contribution in [3.63, 3.8) is 0 Å². The van der Waals surface area contributed by atoms with E-state index in [1.54, 1.807) is 0 Å². The first-order chi connectivity index (χ1) is 8.34. The SMILES string of the molecule is CC(CNC1CC1)NCCCCc1cccs1. The molecule has 1 saturated carbocycles. The number of hydrogen-bond acceptors (Lipinski definition) is 3. The lowest BCUT2D eigenvalue weighted by Crippen LogP contribution is -2.37. The molecule has 0 amide bonds. The number of thiophene rings is 1. The third kappa shape index (κ3) is 5.66. The second-order valence-corrected chi connectivity index (χ2v) is 6.11. The molecule has 1 fully saturated rings. The van der Waals surface area contributed by atoms with Gasteiger partial charge in [-0.3, -0.25) is 0 Å². The van der Waals surface area contributed by atoms with Gasteiger partial charge in [0.1, 0.15) is 0 Å². The first kappa shape index (κ1) is 13.1. The normalized spacial score (nSPS) is 17.2. The van der Waals surface area contributed by atoms with E-state index in [1.165, 1.54) is 37.0 Å². The zero-order valence-corrected chi connectivity index (χ0v) is 11.6. The smallest absolute Gasteiger partial charge is 0.0164 e. The molecule has 3 heteroatoms. The Morgan fingerprint density at radius 2 is 2.29 bits per heavy atom. The predicted octanol–water partition coefficient (Wildman–Crippen LogP) is 2.80. The molecule has 0 bridgehead atoms. The fourth-order valence-corrected chi connectivity index (χ4v) is 2.68. The Morgan fingerprint density at radius 3 is 3.00 bits per heavy atom.